The van der Waals surface area contributed by atoms with Crippen molar-refractivity contribution in [2.24, 2.45) is 22.4 Å². The van der Waals surface area contributed by atoms with Gasteiger partial charge in [-0.15, -0.1) is 0 Å². The summed E-state index contributed by atoms with van der Waals surface area (Å²) in [6, 6.07) is 4.37. The standard InChI is InChI=1S/C21H29NO3/c1-21-12-11-14-13-7-9-18(23-2)20(24-3)16(13)6-5-15(14)17(21)8-10-19(21)22-25-4/h7,9,14-15,17H,5-6,8,10-12H2,1-4H3/b22-19+. The largest absolute Gasteiger partial charge is 0.493 e. The highest BCUT2D eigenvalue weighted by Gasteiger charge is 2.54. The average Bonchev–Trinajstić information content (AvgIpc) is 2.97. The lowest BCUT2D eigenvalue weighted by atomic mass is 9.55. The first kappa shape index (κ1) is 16.7. The van der Waals surface area contributed by atoms with Gasteiger partial charge in [-0.1, -0.05) is 18.1 Å². The van der Waals surface area contributed by atoms with E-state index in [1.165, 1.54) is 42.5 Å². The fourth-order valence-corrected chi connectivity index (χ4v) is 6.05. The number of rotatable bonds is 3. The highest BCUT2D eigenvalue weighted by Crippen LogP contribution is 2.60. The monoisotopic (exact) mass is 343 g/mol. The molecule has 0 aromatic heterocycles. The van der Waals surface area contributed by atoms with E-state index in [2.05, 4.69) is 24.2 Å². The van der Waals surface area contributed by atoms with E-state index in [0.717, 1.165) is 36.2 Å². The molecule has 4 nitrogen and oxygen atoms in total. The number of benzene rings is 1. The molecule has 136 valence electrons. The molecule has 0 aliphatic heterocycles. The Bertz CT molecular complexity index is 699. The second kappa shape index (κ2) is 6.22. The molecule has 2 saturated carbocycles. The molecule has 0 heterocycles. The molecule has 2 fully saturated rings. The average molecular weight is 343 g/mol. The van der Waals surface area contributed by atoms with Gasteiger partial charge < -0.3 is 14.3 Å². The molecular formula is C21H29NO3. The minimum atomic E-state index is 0.227. The minimum Gasteiger partial charge on any atom is -0.493 e. The van der Waals surface area contributed by atoms with Crippen molar-refractivity contribution in [2.45, 2.75) is 51.4 Å². The van der Waals surface area contributed by atoms with Crippen LogP contribution in [0.25, 0.3) is 0 Å². The van der Waals surface area contributed by atoms with Crippen LogP contribution in [0, 0.1) is 17.3 Å². The number of oxime groups is 1. The molecule has 0 N–H and O–H groups in total. The molecule has 25 heavy (non-hydrogen) atoms. The Kier molecular flexibility index (Phi) is 4.17. The van der Waals surface area contributed by atoms with Crippen LogP contribution in [0.5, 0.6) is 11.5 Å². The van der Waals surface area contributed by atoms with Crippen molar-refractivity contribution >= 4 is 5.71 Å². The van der Waals surface area contributed by atoms with Gasteiger partial charge in [0.1, 0.15) is 7.11 Å². The van der Waals surface area contributed by atoms with Gasteiger partial charge in [-0.3, -0.25) is 0 Å². The van der Waals surface area contributed by atoms with Gasteiger partial charge in [0.2, 0.25) is 0 Å². The van der Waals surface area contributed by atoms with Crippen molar-refractivity contribution in [1.29, 1.82) is 0 Å². The summed E-state index contributed by atoms with van der Waals surface area (Å²) in [6.07, 6.45) is 7.10. The maximum atomic E-state index is 5.71. The Morgan fingerprint density at radius 1 is 1.04 bits per heavy atom. The van der Waals surface area contributed by atoms with Crippen LogP contribution in [0.3, 0.4) is 0 Å². The van der Waals surface area contributed by atoms with Crippen LogP contribution in [-0.2, 0) is 11.3 Å². The van der Waals surface area contributed by atoms with E-state index in [0.29, 0.717) is 5.92 Å². The van der Waals surface area contributed by atoms with E-state index in [-0.39, 0.29) is 5.41 Å². The van der Waals surface area contributed by atoms with E-state index >= 15 is 0 Å². The Labute approximate surface area is 150 Å². The van der Waals surface area contributed by atoms with Gasteiger partial charge in [-0.05, 0) is 67.9 Å². The predicted molar refractivity (Wildman–Crippen MR) is 98.6 cm³/mol. The fourth-order valence-electron chi connectivity index (χ4n) is 6.05. The maximum absolute atomic E-state index is 5.71. The molecule has 0 bridgehead atoms. The zero-order valence-electron chi connectivity index (χ0n) is 15.8. The second-order valence-corrected chi connectivity index (χ2v) is 8.00. The zero-order chi connectivity index (χ0) is 17.6. The van der Waals surface area contributed by atoms with Gasteiger partial charge in [0.05, 0.1) is 19.9 Å². The summed E-state index contributed by atoms with van der Waals surface area (Å²) in [5.74, 6) is 3.91. The minimum absolute atomic E-state index is 0.227. The van der Waals surface area contributed by atoms with Gasteiger partial charge in [-0.25, -0.2) is 0 Å². The van der Waals surface area contributed by atoms with Crippen LogP contribution in [0.15, 0.2) is 17.3 Å². The van der Waals surface area contributed by atoms with Crippen LogP contribution in [0.4, 0.5) is 0 Å². The molecular weight excluding hydrogens is 314 g/mol. The van der Waals surface area contributed by atoms with E-state index in [1.807, 2.05) is 0 Å². The fraction of sp³-hybridized carbons (Fsp3) is 0.667. The Morgan fingerprint density at radius 2 is 1.88 bits per heavy atom. The summed E-state index contributed by atoms with van der Waals surface area (Å²) in [6.45, 7) is 2.42. The Hall–Kier alpha value is -1.71. The van der Waals surface area contributed by atoms with Crippen LogP contribution in [0.2, 0.25) is 0 Å². The molecule has 3 aliphatic carbocycles. The molecule has 1 aromatic carbocycles. The lowest BCUT2D eigenvalue weighted by Gasteiger charge is -2.49. The van der Waals surface area contributed by atoms with Crippen molar-refractivity contribution in [1.82, 2.24) is 0 Å². The first-order chi connectivity index (χ1) is 12.1. The van der Waals surface area contributed by atoms with Crippen LogP contribution >= 0.6 is 0 Å². The van der Waals surface area contributed by atoms with Crippen LogP contribution in [0.1, 0.15) is 56.1 Å². The summed E-state index contributed by atoms with van der Waals surface area (Å²) >= 11 is 0. The number of methoxy groups -OCH3 is 2. The molecule has 0 saturated heterocycles. The third kappa shape index (κ3) is 2.37. The van der Waals surface area contributed by atoms with Gasteiger partial charge in [0, 0.05) is 11.0 Å². The van der Waals surface area contributed by atoms with Crippen molar-refractivity contribution in [3.8, 4) is 11.5 Å². The maximum Gasteiger partial charge on any atom is 0.164 e. The summed E-state index contributed by atoms with van der Waals surface area (Å²) in [7, 11) is 5.15. The highest BCUT2D eigenvalue weighted by atomic mass is 16.6. The number of fused-ring (bicyclic) bond motifs is 5. The molecule has 4 heteroatoms. The third-order valence-electron chi connectivity index (χ3n) is 7.19. The highest BCUT2D eigenvalue weighted by molar-refractivity contribution is 5.92. The molecule has 3 aliphatic rings. The van der Waals surface area contributed by atoms with Gasteiger partial charge in [0.25, 0.3) is 0 Å². The Morgan fingerprint density at radius 3 is 2.60 bits per heavy atom. The van der Waals surface area contributed by atoms with Gasteiger partial charge in [-0.2, -0.15) is 0 Å². The SMILES string of the molecule is CO/N=C1\CCC2C3CCc4c(ccc(OC)c4OC)C3CCC12C. The van der Waals surface area contributed by atoms with Gasteiger partial charge >= 0.3 is 0 Å². The smallest absolute Gasteiger partial charge is 0.164 e. The lowest BCUT2D eigenvalue weighted by molar-refractivity contribution is 0.0919. The molecule has 4 rings (SSSR count). The topological polar surface area (TPSA) is 40.0 Å². The summed E-state index contributed by atoms with van der Waals surface area (Å²) in [4.78, 5) is 5.15. The van der Waals surface area contributed by atoms with Crippen molar-refractivity contribution in [3.63, 3.8) is 0 Å². The van der Waals surface area contributed by atoms with Crippen molar-refractivity contribution in [2.75, 3.05) is 21.3 Å². The van der Waals surface area contributed by atoms with Crippen LogP contribution in [-0.4, -0.2) is 27.0 Å². The second-order valence-electron chi connectivity index (χ2n) is 8.00. The van der Waals surface area contributed by atoms with Crippen LogP contribution < -0.4 is 9.47 Å². The molecule has 1 aromatic rings. The normalized spacial score (nSPS) is 34.9. The molecule has 0 spiro atoms. The lowest BCUT2D eigenvalue weighted by Crippen LogP contribution is -2.42. The first-order valence-corrected chi connectivity index (χ1v) is 9.48. The Balaban J connectivity index is 1.70. The first-order valence-electron chi connectivity index (χ1n) is 9.48. The van der Waals surface area contributed by atoms with E-state index < -0.39 is 0 Å². The van der Waals surface area contributed by atoms with Crippen molar-refractivity contribution < 1.29 is 14.3 Å². The molecule has 4 atom stereocenters. The summed E-state index contributed by atoms with van der Waals surface area (Å²) in [5.41, 5.74) is 4.38. The number of hydrogen-bond acceptors (Lipinski definition) is 4. The molecule has 0 amide bonds. The quantitative estimate of drug-likeness (QED) is 0.755. The molecule has 0 radical (unpaired) electrons. The van der Waals surface area contributed by atoms with Crippen molar-refractivity contribution in [3.05, 3.63) is 23.3 Å². The number of ether oxygens (including phenoxy) is 2. The third-order valence-corrected chi connectivity index (χ3v) is 7.19. The summed E-state index contributed by atoms with van der Waals surface area (Å²) in [5, 5.41) is 4.39. The number of hydrogen-bond donors (Lipinski definition) is 0. The zero-order valence-corrected chi connectivity index (χ0v) is 15.8. The number of nitrogens with zero attached hydrogens (tertiary/aromatic N) is 1. The van der Waals surface area contributed by atoms with Gasteiger partial charge in [0.15, 0.2) is 11.5 Å². The predicted octanol–water partition coefficient (Wildman–Crippen LogP) is 4.56. The van der Waals surface area contributed by atoms with E-state index in [9.17, 15) is 0 Å². The summed E-state index contributed by atoms with van der Waals surface area (Å²) < 4.78 is 11.2. The van der Waals surface area contributed by atoms with E-state index in [1.54, 1.807) is 21.3 Å². The van der Waals surface area contributed by atoms with E-state index in [4.69, 9.17) is 14.3 Å². The molecule has 4 unspecified atom stereocenters.